The van der Waals surface area contributed by atoms with Crippen LogP contribution in [-0.4, -0.2) is 42.0 Å². The van der Waals surface area contributed by atoms with Crippen LogP contribution >= 0.6 is 0 Å². The third kappa shape index (κ3) is 6.24. The number of hydrogen-bond acceptors (Lipinski definition) is 8. The number of benzene rings is 2. The summed E-state index contributed by atoms with van der Waals surface area (Å²) in [7, 11) is -3.60. The van der Waals surface area contributed by atoms with E-state index in [0.29, 0.717) is 35.2 Å². The van der Waals surface area contributed by atoms with E-state index >= 15 is 0 Å². The summed E-state index contributed by atoms with van der Waals surface area (Å²) < 4.78 is 29.1. The van der Waals surface area contributed by atoms with Gasteiger partial charge in [-0.15, -0.1) is 0 Å². The second-order valence-corrected chi connectivity index (χ2v) is 12.8. The van der Waals surface area contributed by atoms with Crippen molar-refractivity contribution in [2.45, 2.75) is 81.8 Å². The van der Waals surface area contributed by atoms with E-state index in [0.717, 1.165) is 49.3 Å². The molecule has 5 N–H and O–H groups in total. The van der Waals surface area contributed by atoms with Crippen molar-refractivity contribution in [3.63, 3.8) is 0 Å². The first-order valence-electron chi connectivity index (χ1n) is 13.8. The molecular weight excluding hydrogens is 498 g/mol. The van der Waals surface area contributed by atoms with Crippen molar-refractivity contribution in [3.8, 4) is 0 Å². The Labute approximate surface area is 225 Å². The van der Waals surface area contributed by atoms with Crippen molar-refractivity contribution in [1.82, 2.24) is 19.7 Å². The molecule has 0 bridgehead atoms. The van der Waals surface area contributed by atoms with Gasteiger partial charge in [-0.1, -0.05) is 36.4 Å². The Bertz CT molecular complexity index is 1350. The van der Waals surface area contributed by atoms with E-state index in [1.54, 1.807) is 12.1 Å². The molecule has 3 aromatic rings. The van der Waals surface area contributed by atoms with Gasteiger partial charge in [0.2, 0.25) is 21.9 Å². The summed E-state index contributed by atoms with van der Waals surface area (Å²) in [4.78, 5) is 14.2. The second kappa shape index (κ2) is 11.5. The minimum absolute atomic E-state index is 0.200. The van der Waals surface area contributed by atoms with E-state index < -0.39 is 10.0 Å². The number of nitrogens with two attached hydrogens (primary N) is 1. The Morgan fingerprint density at radius 1 is 0.921 bits per heavy atom. The predicted octanol–water partition coefficient (Wildman–Crippen LogP) is 4.59. The van der Waals surface area contributed by atoms with Crippen molar-refractivity contribution in [3.05, 3.63) is 48.3 Å². The van der Waals surface area contributed by atoms with Gasteiger partial charge in [-0.2, -0.15) is 15.0 Å². The van der Waals surface area contributed by atoms with Crippen molar-refractivity contribution in [2.75, 3.05) is 17.2 Å². The van der Waals surface area contributed by atoms with E-state index in [4.69, 9.17) is 10.7 Å². The fourth-order valence-electron chi connectivity index (χ4n) is 5.36. The number of nitrogens with one attached hydrogen (secondary N) is 3. The summed E-state index contributed by atoms with van der Waals surface area (Å²) in [5.41, 5.74) is 6.71. The minimum atomic E-state index is -3.60. The van der Waals surface area contributed by atoms with Crippen molar-refractivity contribution >= 4 is 32.7 Å². The molecule has 38 heavy (non-hydrogen) atoms. The van der Waals surface area contributed by atoms with E-state index in [2.05, 4.69) is 39.2 Å². The normalized spacial score (nSPS) is 21.3. The van der Waals surface area contributed by atoms with E-state index in [-0.39, 0.29) is 23.9 Å². The van der Waals surface area contributed by atoms with Crippen LogP contribution in [0.25, 0.3) is 10.8 Å². The summed E-state index contributed by atoms with van der Waals surface area (Å²) in [6.45, 7) is 4.54. The summed E-state index contributed by atoms with van der Waals surface area (Å²) in [6, 6.07) is 13.3. The van der Waals surface area contributed by atoms with Crippen LogP contribution in [0.5, 0.6) is 0 Å². The average molecular weight is 538 g/mol. The Morgan fingerprint density at radius 3 is 2.34 bits per heavy atom. The molecular formula is C28H39N7O2S. The minimum Gasteiger partial charge on any atom is -0.352 e. The van der Waals surface area contributed by atoms with Crippen LogP contribution in [0, 0.1) is 11.8 Å². The molecule has 0 radical (unpaired) electrons. The van der Waals surface area contributed by atoms with Crippen molar-refractivity contribution in [2.24, 2.45) is 17.6 Å². The predicted molar refractivity (Wildman–Crippen MR) is 151 cm³/mol. The molecule has 0 spiro atoms. The molecule has 2 saturated carbocycles. The molecule has 1 atom stereocenters. The SMILES string of the molecule is CC(C)Nc1nc(NC2CCC2)nc(C(N)C2CCC(CNS(=O)(=O)c3cccc4ccccc34)CC2)n1. The molecule has 5 rings (SSSR count). The standard InChI is InChI=1S/C28H39N7O2S/c1-18(2)31-27-33-26(34-28(35-27)32-22-9-6-10-22)25(29)21-15-13-19(14-16-21)17-30-38(36,37)24-12-5-8-20-7-3-4-11-23(20)24/h3-5,7-8,11-12,18-19,21-22,25,30H,6,9-10,13-17,29H2,1-2H3,(H2,31,32,33,34,35). The zero-order valence-electron chi connectivity index (χ0n) is 22.2. The first kappa shape index (κ1) is 26.8. The molecule has 0 amide bonds. The molecule has 0 aliphatic heterocycles. The van der Waals surface area contributed by atoms with Gasteiger partial charge in [0.15, 0.2) is 5.82 Å². The lowest BCUT2D eigenvalue weighted by Gasteiger charge is -2.32. The number of nitrogens with zero attached hydrogens (tertiary/aromatic N) is 3. The molecule has 10 heteroatoms. The third-order valence-electron chi connectivity index (χ3n) is 7.81. The maximum Gasteiger partial charge on any atom is 0.241 e. The summed E-state index contributed by atoms with van der Waals surface area (Å²) in [5.74, 6) is 2.28. The molecule has 2 fully saturated rings. The zero-order valence-corrected chi connectivity index (χ0v) is 23.0. The monoisotopic (exact) mass is 537 g/mol. The quantitative estimate of drug-likeness (QED) is 0.295. The lowest BCUT2D eigenvalue weighted by Crippen LogP contribution is -2.34. The van der Waals surface area contributed by atoms with Gasteiger partial charge in [-0.05, 0) is 82.1 Å². The average Bonchev–Trinajstić information content (AvgIpc) is 2.88. The Kier molecular flexibility index (Phi) is 8.11. The van der Waals surface area contributed by atoms with Crippen LogP contribution in [0.1, 0.15) is 70.7 Å². The molecule has 2 aromatic carbocycles. The van der Waals surface area contributed by atoms with Gasteiger partial charge in [0.05, 0.1) is 10.9 Å². The Hall–Kier alpha value is -2.82. The third-order valence-corrected chi connectivity index (χ3v) is 9.29. The lowest BCUT2D eigenvalue weighted by molar-refractivity contribution is 0.240. The van der Waals surface area contributed by atoms with Crippen LogP contribution in [-0.2, 0) is 10.0 Å². The topological polar surface area (TPSA) is 135 Å². The van der Waals surface area contributed by atoms with Crippen molar-refractivity contribution < 1.29 is 8.42 Å². The molecule has 0 saturated heterocycles. The number of rotatable bonds is 10. The van der Waals surface area contributed by atoms with Crippen LogP contribution in [0.4, 0.5) is 11.9 Å². The summed E-state index contributed by atoms with van der Waals surface area (Å²) in [6.07, 6.45) is 7.13. The first-order valence-corrected chi connectivity index (χ1v) is 15.3. The summed E-state index contributed by atoms with van der Waals surface area (Å²) in [5, 5.41) is 8.38. The van der Waals surface area contributed by atoms with Crippen LogP contribution in [0.2, 0.25) is 0 Å². The van der Waals surface area contributed by atoms with Gasteiger partial charge in [0, 0.05) is 24.0 Å². The molecule has 9 nitrogen and oxygen atoms in total. The molecule has 1 heterocycles. The number of hydrogen-bond donors (Lipinski definition) is 4. The van der Waals surface area contributed by atoms with E-state index in [1.165, 1.54) is 6.42 Å². The second-order valence-electron chi connectivity index (χ2n) is 11.0. The number of aromatic nitrogens is 3. The fourth-order valence-corrected chi connectivity index (χ4v) is 6.71. The maximum absolute atomic E-state index is 13.1. The molecule has 204 valence electrons. The van der Waals surface area contributed by atoms with Gasteiger partial charge in [-0.25, -0.2) is 13.1 Å². The number of sulfonamides is 1. The van der Waals surface area contributed by atoms with Crippen LogP contribution < -0.4 is 21.1 Å². The molecule has 1 unspecified atom stereocenters. The van der Waals surface area contributed by atoms with Gasteiger partial charge in [0.1, 0.15) is 0 Å². The maximum atomic E-state index is 13.1. The largest absolute Gasteiger partial charge is 0.352 e. The van der Waals surface area contributed by atoms with Gasteiger partial charge in [-0.3, -0.25) is 0 Å². The first-order chi connectivity index (χ1) is 18.3. The van der Waals surface area contributed by atoms with E-state index in [9.17, 15) is 8.42 Å². The number of fused-ring (bicyclic) bond motifs is 1. The van der Waals surface area contributed by atoms with Gasteiger partial charge in [0.25, 0.3) is 0 Å². The van der Waals surface area contributed by atoms with Gasteiger partial charge >= 0.3 is 0 Å². The smallest absolute Gasteiger partial charge is 0.241 e. The highest BCUT2D eigenvalue weighted by Gasteiger charge is 2.30. The zero-order chi connectivity index (χ0) is 26.7. The van der Waals surface area contributed by atoms with Crippen molar-refractivity contribution in [1.29, 1.82) is 0 Å². The van der Waals surface area contributed by atoms with Crippen LogP contribution in [0.3, 0.4) is 0 Å². The summed E-state index contributed by atoms with van der Waals surface area (Å²) >= 11 is 0. The Morgan fingerprint density at radius 2 is 1.63 bits per heavy atom. The lowest BCUT2D eigenvalue weighted by atomic mass is 9.78. The van der Waals surface area contributed by atoms with Gasteiger partial charge < -0.3 is 16.4 Å². The molecule has 1 aromatic heterocycles. The molecule has 2 aliphatic rings. The highest BCUT2D eigenvalue weighted by atomic mass is 32.2. The highest BCUT2D eigenvalue weighted by molar-refractivity contribution is 7.89. The highest BCUT2D eigenvalue weighted by Crippen LogP contribution is 2.35. The fraction of sp³-hybridized carbons (Fsp3) is 0.536. The number of anilines is 2. The Balaban J connectivity index is 1.20. The van der Waals surface area contributed by atoms with E-state index in [1.807, 2.05) is 30.3 Å². The molecule has 2 aliphatic carbocycles. The van der Waals surface area contributed by atoms with Crippen LogP contribution in [0.15, 0.2) is 47.4 Å².